The van der Waals surface area contributed by atoms with E-state index in [0.717, 1.165) is 0 Å². The zero-order chi connectivity index (χ0) is 20.1. The first-order valence-corrected chi connectivity index (χ1v) is 10.4. The topological polar surface area (TPSA) is 4.93 Å². The predicted octanol–water partition coefficient (Wildman–Crippen LogP) is 7.91. The van der Waals surface area contributed by atoms with E-state index in [4.69, 9.17) is 0 Å². The van der Waals surface area contributed by atoms with E-state index in [9.17, 15) is 0 Å². The number of hydrogen-bond donors (Lipinski definition) is 0. The van der Waals surface area contributed by atoms with Crippen LogP contribution in [0.4, 0.5) is 0 Å². The van der Waals surface area contributed by atoms with E-state index < -0.39 is 0 Å². The van der Waals surface area contributed by atoms with Crippen LogP contribution in [0, 0.1) is 6.92 Å². The van der Waals surface area contributed by atoms with Crippen LogP contribution in [0.2, 0.25) is 0 Å². The summed E-state index contributed by atoms with van der Waals surface area (Å²) in [4.78, 5) is 0. The van der Waals surface area contributed by atoms with Crippen LogP contribution >= 0.6 is 0 Å². The quantitative estimate of drug-likeness (QED) is 0.286. The lowest BCUT2D eigenvalue weighted by Crippen LogP contribution is -1.94. The Hall–Kier alpha value is -3.84. The fourth-order valence-electron chi connectivity index (χ4n) is 4.63. The van der Waals surface area contributed by atoms with Gasteiger partial charge in [-0.25, -0.2) is 0 Å². The maximum absolute atomic E-state index is 2.40. The van der Waals surface area contributed by atoms with Crippen LogP contribution in [0.1, 0.15) is 5.56 Å². The van der Waals surface area contributed by atoms with Crippen LogP contribution in [0.25, 0.3) is 49.4 Å². The molecule has 1 nitrogen and oxygen atoms in total. The molecule has 1 heterocycles. The Morgan fingerprint density at radius 1 is 0.533 bits per heavy atom. The third-order valence-electron chi connectivity index (χ3n) is 6.12. The Balaban J connectivity index is 1.69. The van der Waals surface area contributed by atoms with Crippen molar-refractivity contribution in [3.05, 3.63) is 115 Å². The van der Waals surface area contributed by atoms with Gasteiger partial charge in [-0.15, -0.1) is 0 Å². The molecule has 0 radical (unpaired) electrons. The van der Waals surface area contributed by atoms with E-state index in [1.54, 1.807) is 0 Å². The third-order valence-corrected chi connectivity index (χ3v) is 6.12. The second kappa shape index (κ2) is 6.60. The molecule has 0 amide bonds. The van der Waals surface area contributed by atoms with Gasteiger partial charge in [-0.1, -0.05) is 84.9 Å². The Morgan fingerprint density at radius 2 is 1.27 bits per heavy atom. The molecule has 0 spiro atoms. The average Bonchev–Trinajstić information content (AvgIpc) is 3.13. The van der Waals surface area contributed by atoms with Crippen molar-refractivity contribution < 1.29 is 0 Å². The molecule has 0 bridgehead atoms. The average molecular weight is 383 g/mol. The Morgan fingerprint density at radius 3 is 2.17 bits per heavy atom. The number of aryl methyl sites for hydroxylation is 1. The molecular weight excluding hydrogens is 362 g/mol. The smallest absolute Gasteiger partial charge is 0.0547 e. The minimum absolute atomic E-state index is 1.20. The highest BCUT2D eigenvalue weighted by atomic mass is 15.0. The summed E-state index contributed by atoms with van der Waals surface area (Å²) in [5.41, 5.74) is 7.52. The van der Waals surface area contributed by atoms with Crippen molar-refractivity contribution in [1.82, 2.24) is 4.57 Å². The largest absolute Gasteiger partial charge is 0.309 e. The summed E-state index contributed by atoms with van der Waals surface area (Å²) in [6.07, 6.45) is 0. The van der Waals surface area contributed by atoms with Gasteiger partial charge in [0.15, 0.2) is 0 Å². The van der Waals surface area contributed by atoms with E-state index in [1.165, 1.54) is 55.0 Å². The molecule has 1 heteroatoms. The summed E-state index contributed by atoms with van der Waals surface area (Å²) in [6.45, 7) is 2.18. The molecular formula is C29H21N. The van der Waals surface area contributed by atoms with Gasteiger partial charge in [-0.3, -0.25) is 0 Å². The normalized spacial score (nSPS) is 11.5. The van der Waals surface area contributed by atoms with Crippen molar-refractivity contribution in [1.29, 1.82) is 0 Å². The number of nitrogens with zero attached hydrogens (tertiary/aromatic N) is 1. The van der Waals surface area contributed by atoms with Crippen molar-refractivity contribution in [2.75, 3.05) is 0 Å². The summed E-state index contributed by atoms with van der Waals surface area (Å²) < 4.78 is 2.40. The molecule has 0 unspecified atom stereocenters. The Kier molecular flexibility index (Phi) is 3.75. The second-order valence-electron chi connectivity index (χ2n) is 7.93. The summed E-state index contributed by atoms with van der Waals surface area (Å²) in [7, 11) is 0. The number of hydrogen-bond acceptors (Lipinski definition) is 0. The van der Waals surface area contributed by atoms with Crippen LogP contribution < -0.4 is 0 Å². The maximum atomic E-state index is 2.40. The number of aromatic nitrogens is 1. The predicted molar refractivity (Wildman–Crippen MR) is 128 cm³/mol. The summed E-state index contributed by atoms with van der Waals surface area (Å²) in [5, 5.41) is 5.10. The molecule has 142 valence electrons. The molecule has 1 aromatic heterocycles. The molecule has 0 aliphatic rings. The third kappa shape index (κ3) is 2.56. The summed E-state index contributed by atoms with van der Waals surface area (Å²) >= 11 is 0. The first-order valence-electron chi connectivity index (χ1n) is 10.4. The Labute approximate surface area is 175 Å². The lowest BCUT2D eigenvalue weighted by Gasteiger charge is -2.11. The van der Waals surface area contributed by atoms with Crippen molar-refractivity contribution in [3.8, 4) is 16.8 Å². The van der Waals surface area contributed by atoms with Crippen LogP contribution in [-0.2, 0) is 0 Å². The van der Waals surface area contributed by atoms with Gasteiger partial charge in [0, 0.05) is 16.5 Å². The summed E-state index contributed by atoms with van der Waals surface area (Å²) in [6, 6.07) is 39.5. The van der Waals surface area contributed by atoms with Gasteiger partial charge in [-0.05, 0) is 58.7 Å². The highest BCUT2D eigenvalue weighted by Crippen LogP contribution is 2.36. The van der Waals surface area contributed by atoms with Crippen molar-refractivity contribution in [2.45, 2.75) is 6.92 Å². The number of fused-ring (bicyclic) bond motifs is 4. The monoisotopic (exact) mass is 383 g/mol. The van der Waals surface area contributed by atoms with Crippen LogP contribution in [-0.4, -0.2) is 4.57 Å². The molecule has 0 atom stereocenters. The molecule has 0 N–H and O–H groups in total. The van der Waals surface area contributed by atoms with Gasteiger partial charge in [0.05, 0.1) is 11.0 Å². The van der Waals surface area contributed by atoms with E-state index >= 15 is 0 Å². The second-order valence-corrected chi connectivity index (χ2v) is 7.93. The molecule has 6 rings (SSSR count). The van der Waals surface area contributed by atoms with Gasteiger partial charge in [0.2, 0.25) is 0 Å². The molecule has 0 saturated heterocycles. The lowest BCUT2D eigenvalue weighted by molar-refractivity contribution is 1.19. The molecule has 0 aliphatic heterocycles. The first-order chi connectivity index (χ1) is 14.8. The zero-order valence-electron chi connectivity index (χ0n) is 16.8. The molecule has 0 saturated carbocycles. The van der Waals surface area contributed by atoms with E-state index in [0.29, 0.717) is 0 Å². The minimum Gasteiger partial charge on any atom is -0.309 e. The van der Waals surface area contributed by atoms with Gasteiger partial charge < -0.3 is 4.57 Å². The number of rotatable bonds is 2. The van der Waals surface area contributed by atoms with E-state index in [-0.39, 0.29) is 0 Å². The fourth-order valence-corrected chi connectivity index (χ4v) is 4.63. The SMILES string of the molecule is Cc1ccccc1-c1ccc2c3ccccc3n(-c3ccc4ccccc4c3)c2c1. The van der Waals surface area contributed by atoms with Gasteiger partial charge in [-0.2, -0.15) is 0 Å². The van der Waals surface area contributed by atoms with E-state index in [1.807, 2.05) is 0 Å². The van der Waals surface area contributed by atoms with Crippen molar-refractivity contribution in [2.24, 2.45) is 0 Å². The highest BCUT2D eigenvalue weighted by Gasteiger charge is 2.13. The number of benzene rings is 5. The van der Waals surface area contributed by atoms with Crippen molar-refractivity contribution >= 4 is 32.6 Å². The molecule has 0 fully saturated rings. The van der Waals surface area contributed by atoms with Gasteiger partial charge in [0.25, 0.3) is 0 Å². The van der Waals surface area contributed by atoms with Gasteiger partial charge >= 0.3 is 0 Å². The fraction of sp³-hybridized carbons (Fsp3) is 0.0345. The lowest BCUT2D eigenvalue weighted by atomic mass is 9.99. The van der Waals surface area contributed by atoms with Crippen LogP contribution in [0.3, 0.4) is 0 Å². The zero-order valence-corrected chi connectivity index (χ0v) is 16.8. The molecule has 6 aromatic rings. The minimum atomic E-state index is 1.20. The molecule has 0 aliphatic carbocycles. The highest BCUT2D eigenvalue weighted by molar-refractivity contribution is 6.10. The Bertz CT molecular complexity index is 1550. The van der Waals surface area contributed by atoms with Crippen LogP contribution in [0.15, 0.2) is 109 Å². The maximum Gasteiger partial charge on any atom is 0.0547 e. The number of para-hydroxylation sites is 1. The standard InChI is InChI=1S/C29H21N/c1-20-8-2-5-11-25(20)23-15-17-27-26-12-6-7-13-28(26)30(29(27)19-23)24-16-14-21-9-3-4-10-22(21)18-24/h2-19H,1H3. The van der Waals surface area contributed by atoms with Crippen molar-refractivity contribution in [3.63, 3.8) is 0 Å². The van der Waals surface area contributed by atoms with Crippen LogP contribution in [0.5, 0.6) is 0 Å². The van der Waals surface area contributed by atoms with E-state index in [2.05, 4.69) is 121 Å². The molecule has 30 heavy (non-hydrogen) atoms. The van der Waals surface area contributed by atoms with Gasteiger partial charge in [0.1, 0.15) is 0 Å². The molecule has 5 aromatic carbocycles. The summed E-state index contributed by atoms with van der Waals surface area (Å²) in [5.74, 6) is 0. The first kappa shape index (κ1) is 17.1.